The minimum atomic E-state index is -0.272. The van der Waals surface area contributed by atoms with E-state index < -0.39 is 0 Å². The van der Waals surface area contributed by atoms with Gasteiger partial charge in [0.05, 0.1) is 11.3 Å². The third kappa shape index (κ3) is 5.29. The number of nitrogens with zero attached hydrogens (tertiary/aromatic N) is 2. The van der Waals surface area contributed by atoms with Crippen molar-refractivity contribution >= 4 is 29.1 Å². The maximum absolute atomic E-state index is 12.3. The van der Waals surface area contributed by atoms with Crippen LogP contribution >= 0.6 is 11.6 Å². The summed E-state index contributed by atoms with van der Waals surface area (Å²) in [5.74, 6) is 0.459. The van der Waals surface area contributed by atoms with Crippen molar-refractivity contribution in [2.24, 2.45) is 0 Å². The number of benzene rings is 1. The lowest BCUT2D eigenvalue weighted by molar-refractivity contribution is -0.116. The van der Waals surface area contributed by atoms with E-state index in [1.165, 1.54) is 0 Å². The van der Waals surface area contributed by atoms with Crippen LogP contribution in [0.5, 0.6) is 0 Å². The number of rotatable bonds is 6. The maximum Gasteiger partial charge on any atom is 0.253 e. The molecule has 0 saturated heterocycles. The van der Waals surface area contributed by atoms with E-state index >= 15 is 0 Å². The van der Waals surface area contributed by atoms with Crippen LogP contribution in [0.2, 0.25) is 5.02 Å². The number of anilines is 1. The quantitative estimate of drug-likeness (QED) is 0.803. The van der Waals surface area contributed by atoms with Crippen molar-refractivity contribution in [1.29, 1.82) is 0 Å². The molecule has 0 spiro atoms. The molecule has 26 heavy (non-hydrogen) atoms. The molecule has 0 unspecified atom stereocenters. The van der Waals surface area contributed by atoms with Gasteiger partial charge in [0.1, 0.15) is 0 Å². The molecule has 0 fully saturated rings. The normalized spacial score (nSPS) is 11.3. The highest BCUT2D eigenvalue weighted by Crippen LogP contribution is 2.22. The van der Waals surface area contributed by atoms with Crippen LogP contribution in [0.3, 0.4) is 0 Å². The SMILES string of the molecule is CCNC(=O)c1ccc(Cl)cc1NC(=O)CCc1nc(C(C)(C)C)no1. The van der Waals surface area contributed by atoms with Gasteiger partial charge in [-0.3, -0.25) is 9.59 Å². The van der Waals surface area contributed by atoms with Gasteiger partial charge in [-0.05, 0) is 25.1 Å². The molecule has 8 heteroatoms. The van der Waals surface area contributed by atoms with E-state index in [4.69, 9.17) is 16.1 Å². The van der Waals surface area contributed by atoms with Crippen molar-refractivity contribution in [3.8, 4) is 0 Å². The lowest BCUT2D eigenvalue weighted by Gasteiger charge is -2.11. The first-order chi connectivity index (χ1) is 12.2. The van der Waals surface area contributed by atoms with Gasteiger partial charge in [0.2, 0.25) is 11.8 Å². The van der Waals surface area contributed by atoms with Crippen molar-refractivity contribution in [3.63, 3.8) is 0 Å². The molecule has 140 valence electrons. The predicted octanol–water partition coefficient (Wildman–Crippen LogP) is 3.34. The number of carbonyl (C=O) groups excluding carboxylic acids is 2. The fourth-order valence-corrected chi connectivity index (χ4v) is 2.34. The number of halogens is 1. The van der Waals surface area contributed by atoms with Crippen LogP contribution < -0.4 is 10.6 Å². The van der Waals surface area contributed by atoms with Crippen molar-refractivity contribution in [1.82, 2.24) is 15.5 Å². The zero-order valence-corrected chi connectivity index (χ0v) is 16.1. The molecule has 0 saturated carbocycles. The highest BCUT2D eigenvalue weighted by Gasteiger charge is 2.21. The Hall–Kier alpha value is -2.41. The third-order valence-corrected chi connectivity index (χ3v) is 3.78. The summed E-state index contributed by atoms with van der Waals surface area (Å²) in [6.45, 7) is 8.26. The molecule has 2 N–H and O–H groups in total. The van der Waals surface area contributed by atoms with Gasteiger partial charge < -0.3 is 15.2 Å². The maximum atomic E-state index is 12.3. The number of hydrogen-bond donors (Lipinski definition) is 2. The smallest absolute Gasteiger partial charge is 0.253 e. The molecule has 0 atom stereocenters. The number of hydrogen-bond acceptors (Lipinski definition) is 5. The average molecular weight is 379 g/mol. The fourth-order valence-electron chi connectivity index (χ4n) is 2.17. The largest absolute Gasteiger partial charge is 0.352 e. The molecule has 0 bridgehead atoms. The van der Waals surface area contributed by atoms with E-state index in [9.17, 15) is 9.59 Å². The lowest BCUT2D eigenvalue weighted by atomic mass is 9.96. The Balaban J connectivity index is 2.02. The van der Waals surface area contributed by atoms with Crippen LogP contribution in [0.4, 0.5) is 5.69 Å². The molecule has 0 radical (unpaired) electrons. The van der Waals surface area contributed by atoms with Gasteiger partial charge in [-0.15, -0.1) is 0 Å². The van der Waals surface area contributed by atoms with E-state index in [1.807, 2.05) is 27.7 Å². The van der Waals surface area contributed by atoms with Crippen molar-refractivity contribution in [3.05, 3.63) is 40.5 Å². The van der Waals surface area contributed by atoms with Crippen LogP contribution in [0.1, 0.15) is 56.2 Å². The Morgan fingerprint density at radius 3 is 2.62 bits per heavy atom. The van der Waals surface area contributed by atoms with Crippen LogP contribution in [0.25, 0.3) is 0 Å². The zero-order valence-electron chi connectivity index (χ0n) is 15.4. The number of amides is 2. The minimum Gasteiger partial charge on any atom is -0.352 e. The molecule has 0 aliphatic rings. The highest BCUT2D eigenvalue weighted by molar-refractivity contribution is 6.31. The first-order valence-corrected chi connectivity index (χ1v) is 8.79. The van der Waals surface area contributed by atoms with Crippen LogP contribution in [0, 0.1) is 0 Å². The molecule has 2 aromatic rings. The summed E-state index contributed by atoms with van der Waals surface area (Å²) < 4.78 is 5.18. The summed E-state index contributed by atoms with van der Waals surface area (Å²) in [5, 5.41) is 9.79. The molecular formula is C18H23ClN4O3. The molecule has 2 rings (SSSR count). The Morgan fingerprint density at radius 1 is 1.27 bits per heavy atom. The molecular weight excluding hydrogens is 356 g/mol. The lowest BCUT2D eigenvalue weighted by Crippen LogP contribution is -2.25. The number of aromatic nitrogens is 2. The first kappa shape index (κ1) is 19.9. The molecule has 0 aliphatic heterocycles. The summed E-state index contributed by atoms with van der Waals surface area (Å²) in [6, 6.07) is 4.74. The van der Waals surface area contributed by atoms with Crippen LogP contribution in [-0.2, 0) is 16.6 Å². The van der Waals surface area contributed by atoms with Crippen LogP contribution in [-0.4, -0.2) is 28.5 Å². The Labute approximate surface area is 157 Å². The monoisotopic (exact) mass is 378 g/mol. The van der Waals surface area contributed by atoms with Gasteiger partial charge in [-0.2, -0.15) is 4.98 Å². The number of nitrogens with one attached hydrogen (secondary N) is 2. The molecule has 0 aliphatic carbocycles. The van der Waals surface area contributed by atoms with Gasteiger partial charge >= 0.3 is 0 Å². The van der Waals surface area contributed by atoms with Crippen molar-refractivity contribution < 1.29 is 14.1 Å². The molecule has 2 amide bonds. The van der Waals surface area contributed by atoms with E-state index in [0.29, 0.717) is 41.0 Å². The van der Waals surface area contributed by atoms with Crippen LogP contribution in [0.15, 0.2) is 22.7 Å². The summed E-state index contributed by atoms with van der Waals surface area (Å²) in [6.07, 6.45) is 0.457. The molecule has 7 nitrogen and oxygen atoms in total. The molecule has 1 heterocycles. The summed E-state index contributed by atoms with van der Waals surface area (Å²) in [7, 11) is 0. The van der Waals surface area contributed by atoms with E-state index in [2.05, 4.69) is 20.8 Å². The fraction of sp³-hybridized carbons (Fsp3) is 0.444. The second-order valence-electron chi connectivity index (χ2n) is 6.86. The van der Waals surface area contributed by atoms with Gasteiger partial charge in [0.15, 0.2) is 5.82 Å². The van der Waals surface area contributed by atoms with Gasteiger partial charge in [-0.1, -0.05) is 37.5 Å². The average Bonchev–Trinajstić information content (AvgIpc) is 3.02. The van der Waals surface area contributed by atoms with E-state index in [1.54, 1.807) is 18.2 Å². The zero-order chi connectivity index (χ0) is 19.3. The van der Waals surface area contributed by atoms with Gasteiger partial charge in [0.25, 0.3) is 5.91 Å². The number of carbonyl (C=O) groups is 2. The first-order valence-electron chi connectivity index (χ1n) is 8.41. The Kier molecular flexibility index (Phi) is 6.37. The van der Waals surface area contributed by atoms with Gasteiger partial charge in [0, 0.05) is 29.8 Å². The van der Waals surface area contributed by atoms with Crippen molar-refractivity contribution in [2.45, 2.75) is 46.0 Å². The standard InChI is InChI=1S/C18H23ClN4O3/c1-5-20-16(25)12-7-6-11(19)10-13(12)21-14(24)8-9-15-22-17(23-26-15)18(2,3)4/h6-7,10H,5,8-9H2,1-4H3,(H,20,25)(H,21,24). The van der Waals surface area contributed by atoms with E-state index in [-0.39, 0.29) is 23.7 Å². The highest BCUT2D eigenvalue weighted by atomic mass is 35.5. The topological polar surface area (TPSA) is 97.1 Å². The second kappa shape index (κ2) is 8.31. The summed E-state index contributed by atoms with van der Waals surface area (Å²) >= 11 is 5.98. The molecule has 1 aromatic heterocycles. The summed E-state index contributed by atoms with van der Waals surface area (Å²) in [4.78, 5) is 28.7. The Bertz CT molecular complexity index is 796. The minimum absolute atomic E-state index is 0.146. The predicted molar refractivity (Wildman–Crippen MR) is 99.4 cm³/mol. The summed E-state index contributed by atoms with van der Waals surface area (Å²) in [5.41, 5.74) is 0.513. The Morgan fingerprint density at radius 2 is 2.00 bits per heavy atom. The van der Waals surface area contributed by atoms with Crippen molar-refractivity contribution in [2.75, 3.05) is 11.9 Å². The molecule has 1 aromatic carbocycles. The third-order valence-electron chi connectivity index (χ3n) is 3.54. The number of aryl methyl sites for hydroxylation is 1. The second-order valence-corrected chi connectivity index (χ2v) is 7.30. The van der Waals surface area contributed by atoms with E-state index in [0.717, 1.165) is 0 Å². The van der Waals surface area contributed by atoms with Gasteiger partial charge in [-0.25, -0.2) is 0 Å².